The zero-order valence-corrected chi connectivity index (χ0v) is 14.8. The smallest absolute Gasteiger partial charge is 0.326 e. The number of amides is 2. The molecule has 2 amide bonds. The maximum atomic E-state index is 12.8. The Morgan fingerprint density at radius 1 is 1.14 bits per heavy atom. The van der Waals surface area contributed by atoms with Crippen LogP contribution < -0.4 is 10.6 Å². The molecule has 0 radical (unpaired) electrons. The van der Waals surface area contributed by atoms with Crippen LogP contribution in [0.4, 0.5) is 24.8 Å². The van der Waals surface area contributed by atoms with Crippen molar-refractivity contribution in [2.24, 2.45) is 0 Å². The average molecular weight is 401 g/mol. The van der Waals surface area contributed by atoms with Gasteiger partial charge in [-0.2, -0.15) is 18.2 Å². The third-order valence-electron chi connectivity index (χ3n) is 4.35. The van der Waals surface area contributed by atoms with Gasteiger partial charge in [-0.3, -0.25) is 14.9 Å². The molecule has 148 valence electrons. The van der Waals surface area contributed by atoms with Gasteiger partial charge in [0, 0.05) is 11.3 Å². The molecule has 0 fully saturated rings. The van der Waals surface area contributed by atoms with E-state index in [2.05, 4.69) is 20.7 Å². The molecule has 7 nitrogen and oxygen atoms in total. The van der Waals surface area contributed by atoms with Crippen molar-refractivity contribution in [2.45, 2.75) is 18.6 Å². The fourth-order valence-corrected chi connectivity index (χ4v) is 2.98. The number of fused-ring (bicyclic) bond motifs is 1. The molecule has 29 heavy (non-hydrogen) atoms. The normalized spacial score (nSPS) is 15.7. The van der Waals surface area contributed by atoms with E-state index >= 15 is 0 Å². The Morgan fingerprint density at radius 2 is 1.90 bits per heavy atom. The molecule has 1 atom stereocenters. The minimum absolute atomic E-state index is 0.00739. The van der Waals surface area contributed by atoms with E-state index < -0.39 is 29.6 Å². The number of nitrogens with one attached hydrogen (secondary N) is 2. The van der Waals surface area contributed by atoms with Gasteiger partial charge in [0.1, 0.15) is 6.04 Å². The molecule has 2 heterocycles. The molecule has 0 bridgehead atoms. The standard InChI is InChI=1S/C19H14F3N5O2/c20-19(21,22)12-7-4-8-13(9-12)23-15(28)10-14-17(29)25-18-24-16(26-27(14)18)11-5-2-1-3-6-11/h1-9,14H,10H2,(H,23,28)(H,24,25,26,29)/t14-/m1/s1. The van der Waals surface area contributed by atoms with Crippen molar-refractivity contribution in [1.82, 2.24) is 14.8 Å². The number of nitrogens with zero attached hydrogens (tertiary/aromatic N) is 3. The van der Waals surface area contributed by atoms with Crippen molar-refractivity contribution in [3.05, 3.63) is 60.2 Å². The Morgan fingerprint density at radius 3 is 2.62 bits per heavy atom. The van der Waals surface area contributed by atoms with Gasteiger partial charge in [0.25, 0.3) is 5.91 Å². The maximum absolute atomic E-state index is 12.8. The van der Waals surface area contributed by atoms with Crippen LogP contribution in [0.2, 0.25) is 0 Å². The van der Waals surface area contributed by atoms with Crippen LogP contribution >= 0.6 is 0 Å². The molecule has 3 aromatic rings. The molecule has 0 saturated heterocycles. The van der Waals surface area contributed by atoms with E-state index in [1.54, 1.807) is 0 Å². The molecule has 10 heteroatoms. The molecule has 2 aromatic carbocycles. The summed E-state index contributed by atoms with van der Waals surface area (Å²) in [6.45, 7) is 0. The first-order valence-electron chi connectivity index (χ1n) is 8.61. The molecular weight excluding hydrogens is 387 g/mol. The van der Waals surface area contributed by atoms with Crippen LogP contribution in [0.3, 0.4) is 0 Å². The summed E-state index contributed by atoms with van der Waals surface area (Å²) in [4.78, 5) is 28.8. The van der Waals surface area contributed by atoms with Crippen LogP contribution in [0.1, 0.15) is 18.0 Å². The van der Waals surface area contributed by atoms with Crippen LogP contribution in [0.15, 0.2) is 54.6 Å². The van der Waals surface area contributed by atoms with Crippen molar-refractivity contribution in [1.29, 1.82) is 0 Å². The number of hydrogen-bond donors (Lipinski definition) is 2. The Balaban J connectivity index is 1.50. The average Bonchev–Trinajstić information content (AvgIpc) is 3.21. The molecule has 0 saturated carbocycles. The third kappa shape index (κ3) is 3.82. The zero-order chi connectivity index (χ0) is 20.6. The van der Waals surface area contributed by atoms with Gasteiger partial charge in [-0.15, -0.1) is 5.10 Å². The summed E-state index contributed by atoms with van der Waals surface area (Å²) in [6, 6.07) is 12.4. The van der Waals surface area contributed by atoms with E-state index in [0.717, 1.165) is 17.7 Å². The number of hydrogen-bond acceptors (Lipinski definition) is 4. The Bertz CT molecular complexity index is 1080. The lowest BCUT2D eigenvalue weighted by Gasteiger charge is -2.12. The maximum Gasteiger partial charge on any atom is 0.416 e. The van der Waals surface area contributed by atoms with E-state index in [1.165, 1.54) is 16.8 Å². The summed E-state index contributed by atoms with van der Waals surface area (Å²) in [5.74, 6) is -0.470. The molecular formula is C19H14F3N5O2. The molecule has 0 spiro atoms. The van der Waals surface area contributed by atoms with Crippen molar-refractivity contribution in [3.8, 4) is 11.4 Å². The Kier molecular flexibility index (Phi) is 4.53. The lowest BCUT2D eigenvalue weighted by Crippen LogP contribution is -2.24. The summed E-state index contributed by atoms with van der Waals surface area (Å²) < 4.78 is 39.7. The second kappa shape index (κ2) is 7.04. The second-order valence-electron chi connectivity index (χ2n) is 6.41. The monoisotopic (exact) mass is 401 g/mol. The van der Waals surface area contributed by atoms with Gasteiger partial charge in [0.05, 0.1) is 12.0 Å². The minimum Gasteiger partial charge on any atom is -0.326 e. The predicted octanol–water partition coefficient (Wildman–Crippen LogP) is 3.49. The number of benzene rings is 2. The first-order valence-corrected chi connectivity index (χ1v) is 8.61. The van der Waals surface area contributed by atoms with E-state index in [4.69, 9.17) is 0 Å². The largest absolute Gasteiger partial charge is 0.416 e. The van der Waals surface area contributed by atoms with E-state index in [-0.39, 0.29) is 18.1 Å². The minimum atomic E-state index is -4.52. The van der Waals surface area contributed by atoms with Crippen molar-refractivity contribution in [3.63, 3.8) is 0 Å². The van der Waals surface area contributed by atoms with Gasteiger partial charge in [0.2, 0.25) is 11.9 Å². The van der Waals surface area contributed by atoms with Crippen LogP contribution in [-0.2, 0) is 15.8 Å². The molecule has 1 aliphatic rings. The molecule has 1 aromatic heterocycles. The SMILES string of the molecule is O=C(C[C@@H]1C(=O)Nc2nc(-c3ccccc3)nn21)Nc1cccc(C(F)(F)F)c1. The number of rotatable bonds is 4. The van der Waals surface area contributed by atoms with Gasteiger partial charge in [-0.05, 0) is 18.2 Å². The van der Waals surface area contributed by atoms with E-state index in [9.17, 15) is 22.8 Å². The van der Waals surface area contributed by atoms with Crippen molar-refractivity contribution in [2.75, 3.05) is 10.6 Å². The lowest BCUT2D eigenvalue weighted by molar-refractivity contribution is -0.137. The highest BCUT2D eigenvalue weighted by Crippen LogP contribution is 2.31. The Hall–Kier alpha value is -3.69. The number of halogens is 3. The van der Waals surface area contributed by atoms with Gasteiger partial charge in [-0.25, -0.2) is 4.68 Å². The molecule has 2 N–H and O–H groups in total. The lowest BCUT2D eigenvalue weighted by atomic mass is 10.1. The highest BCUT2D eigenvalue weighted by atomic mass is 19.4. The molecule has 0 unspecified atom stereocenters. The number of alkyl halides is 3. The summed E-state index contributed by atoms with van der Waals surface area (Å²) in [5, 5.41) is 9.24. The predicted molar refractivity (Wildman–Crippen MR) is 97.8 cm³/mol. The highest BCUT2D eigenvalue weighted by molar-refractivity contribution is 6.01. The third-order valence-corrected chi connectivity index (χ3v) is 4.35. The van der Waals surface area contributed by atoms with Crippen LogP contribution in [0.5, 0.6) is 0 Å². The first kappa shape index (κ1) is 18.7. The second-order valence-corrected chi connectivity index (χ2v) is 6.41. The van der Waals surface area contributed by atoms with Crippen LogP contribution in [0.25, 0.3) is 11.4 Å². The van der Waals surface area contributed by atoms with Crippen LogP contribution in [-0.4, -0.2) is 26.6 Å². The Labute approximate surface area is 162 Å². The quantitative estimate of drug-likeness (QED) is 0.701. The molecule has 0 aliphatic carbocycles. The summed E-state index contributed by atoms with van der Waals surface area (Å²) in [5.41, 5.74) is -0.136. The number of carbonyl (C=O) groups excluding carboxylic acids is 2. The van der Waals surface area contributed by atoms with Gasteiger partial charge < -0.3 is 5.32 Å². The fourth-order valence-electron chi connectivity index (χ4n) is 2.98. The van der Waals surface area contributed by atoms with E-state index in [0.29, 0.717) is 5.82 Å². The molecule has 1 aliphatic heterocycles. The summed E-state index contributed by atoms with van der Waals surface area (Å²) in [7, 11) is 0. The van der Waals surface area contributed by atoms with Gasteiger partial charge in [0.15, 0.2) is 5.82 Å². The van der Waals surface area contributed by atoms with Crippen molar-refractivity contribution >= 4 is 23.5 Å². The number of carbonyl (C=O) groups is 2. The topological polar surface area (TPSA) is 88.9 Å². The number of aromatic nitrogens is 3. The van der Waals surface area contributed by atoms with E-state index in [1.807, 2.05) is 30.3 Å². The fraction of sp³-hybridized carbons (Fsp3) is 0.158. The first-order chi connectivity index (χ1) is 13.8. The number of anilines is 2. The van der Waals surface area contributed by atoms with Crippen molar-refractivity contribution < 1.29 is 22.8 Å². The van der Waals surface area contributed by atoms with Crippen LogP contribution in [0, 0.1) is 0 Å². The summed E-state index contributed by atoms with van der Waals surface area (Å²) in [6.07, 6.45) is -4.82. The van der Waals surface area contributed by atoms with Gasteiger partial charge in [-0.1, -0.05) is 36.4 Å². The highest BCUT2D eigenvalue weighted by Gasteiger charge is 2.35. The van der Waals surface area contributed by atoms with Gasteiger partial charge >= 0.3 is 6.18 Å². The summed E-state index contributed by atoms with van der Waals surface area (Å²) >= 11 is 0. The zero-order valence-electron chi connectivity index (χ0n) is 14.8. The molecule has 4 rings (SSSR count).